The summed E-state index contributed by atoms with van der Waals surface area (Å²) in [5, 5.41) is 3.55. The SMILES string of the molecule is CCCNC(C)c1ccnc(N2CCC(C)CC2C)c1. The average Bonchev–Trinajstić information content (AvgIpc) is 2.45. The molecular weight excluding hydrogens is 246 g/mol. The van der Waals surface area contributed by atoms with Crippen molar-refractivity contribution in [1.29, 1.82) is 0 Å². The second-order valence-corrected chi connectivity index (χ2v) is 6.30. The van der Waals surface area contributed by atoms with Crippen molar-refractivity contribution in [2.24, 2.45) is 5.92 Å². The van der Waals surface area contributed by atoms with Crippen LogP contribution in [-0.4, -0.2) is 24.1 Å². The van der Waals surface area contributed by atoms with E-state index in [1.54, 1.807) is 0 Å². The van der Waals surface area contributed by atoms with Crippen LogP contribution < -0.4 is 10.2 Å². The number of hydrogen-bond donors (Lipinski definition) is 1. The van der Waals surface area contributed by atoms with Gasteiger partial charge in [0.2, 0.25) is 0 Å². The zero-order chi connectivity index (χ0) is 14.5. The molecule has 0 bridgehead atoms. The first-order valence-corrected chi connectivity index (χ1v) is 8.07. The Balaban J connectivity index is 2.09. The van der Waals surface area contributed by atoms with E-state index in [9.17, 15) is 0 Å². The molecule has 2 heterocycles. The van der Waals surface area contributed by atoms with Crippen LogP contribution in [0.5, 0.6) is 0 Å². The molecule has 0 aromatic carbocycles. The third-order valence-electron chi connectivity index (χ3n) is 4.40. The molecule has 1 fully saturated rings. The van der Waals surface area contributed by atoms with Gasteiger partial charge in [-0.3, -0.25) is 0 Å². The second kappa shape index (κ2) is 7.07. The van der Waals surface area contributed by atoms with E-state index in [1.807, 2.05) is 6.20 Å². The van der Waals surface area contributed by atoms with E-state index < -0.39 is 0 Å². The number of rotatable bonds is 5. The zero-order valence-electron chi connectivity index (χ0n) is 13.4. The summed E-state index contributed by atoms with van der Waals surface area (Å²) < 4.78 is 0. The van der Waals surface area contributed by atoms with E-state index >= 15 is 0 Å². The van der Waals surface area contributed by atoms with E-state index in [-0.39, 0.29) is 0 Å². The predicted octanol–water partition coefficient (Wildman–Crippen LogP) is 3.77. The highest BCUT2D eigenvalue weighted by Gasteiger charge is 2.24. The standard InChI is InChI=1S/C17H29N3/c1-5-8-18-15(4)16-6-9-19-17(12-16)20-10-7-13(2)11-14(20)3/h6,9,12-15,18H,5,7-8,10-11H2,1-4H3. The van der Waals surface area contributed by atoms with Gasteiger partial charge < -0.3 is 10.2 Å². The number of hydrogen-bond acceptors (Lipinski definition) is 3. The Morgan fingerprint density at radius 1 is 1.45 bits per heavy atom. The first-order valence-electron chi connectivity index (χ1n) is 8.07. The molecule has 1 saturated heterocycles. The molecule has 1 aromatic rings. The van der Waals surface area contributed by atoms with Gasteiger partial charge in [0.25, 0.3) is 0 Å². The Bertz CT molecular complexity index is 418. The second-order valence-electron chi connectivity index (χ2n) is 6.30. The minimum absolute atomic E-state index is 0.399. The van der Waals surface area contributed by atoms with Crippen LogP contribution in [0.25, 0.3) is 0 Å². The third kappa shape index (κ3) is 3.72. The topological polar surface area (TPSA) is 28.2 Å². The quantitative estimate of drug-likeness (QED) is 0.886. The summed E-state index contributed by atoms with van der Waals surface area (Å²) in [4.78, 5) is 7.07. The molecule has 0 aliphatic carbocycles. The van der Waals surface area contributed by atoms with E-state index in [0.29, 0.717) is 12.1 Å². The molecule has 3 unspecified atom stereocenters. The lowest BCUT2D eigenvalue weighted by Gasteiger charge is -2.37. The molecule has 0 spiro atoms. The van der Waals surface area contributed by atoms with Gasteiger partial charge in [0.1, 0.15) is 5.82 Å². The largest absolute Gasteiger partial charge is 0.354 e. The Morgan fingerprint density at radius 2 is 2.25 bits per heavy atom. The highest BCUT2D eigenvalue weighted by Crippen LogP contribution is 2.27. The first-order chi connectivity index (χ1) is 9.61. The zero-order valence-corrected chi connectivity index (χ0v) is 13.4. The van der Waals surface area contributed by atoms with Gasteiger partial charge in [0.05, 0.1) is 0 Å². The van der Waals surface area contributed by atoms with Gasteiger partial charge in [-0.25, -0.2) is 4.98 Å². The maximum atomic E-state index is 4.60. The number of piperidine rings is 1. The molecule has 1 aliphatic rings. The maximum absolute atomic E-state index is 4.60. The molecule has 1 N–H and O–H groups in total. The third-order valence-corrected chi connectivity index (χ3v) is 4.40. The van der Waals surface area contributed by atoms with Gasteiger partial charge in [-0.15, -0.1) is 0 Å². The van der Waals surface area contributed by atoms with Gasteiger partial charge in [-0.2, -0.15) is 0 Å². The smallest absolute Gasteiger partial charge is 0.129 e. The fourth-order valence-corrected chi connectivity index (χ4v) is 3.09. The van der Waals surface area contributed by atoms with Crippen LogP contribution in [0.4, 0.5) is 5.82 Å². The molecule has 0 saturated carbocycles. The van der Waals surface area contributed by atoms with Crippen molar-refractivity contribution in [3.63, 3.8) is 0 Å². The van der Waals surface area contributed by atoms with Crippen LogP contribution in [0.15, 0.2) is 18.3 Å². The van der Waals surface area contributed by atoms with Crippen molar-refractivity contribution in [3.8, 4) is 0 Å². The van der Waals surface area contributed by atoms with Gasteiger partial charge >= 0.3 is 0 Å². The molecule has 3 nitrogen and oxygen atoms in total. The average molecular weight is 275 g/mol. The van der Waals surface area contributed by atoms with Gasteiger partial charge in [0, 0.05) is 24.8 Å². The monoisotopic (exact) mass is 275 g/mol. The van der Waals surface area contributed by atoms with Crippen LogP contribution >= 0.6 is 0 Å². The highest BCUT2D eigenvalue weighted by atomic mass is 15.2. The van der Waals surface area contributed by atoms with Crippen molar-refractivity contribution < 1.29 is 0 Å². The number of anilines is 1. The predicted molar refractivity (Wildman–Crippen MR) is 86.2 cm³/mol. The molecule has 1 aliphatic heterocycles. The fourth-order valence-electron chi connectivity index (χ4n) is 3.09. The van der Waals surface area contributed by atoms with Crippen molar-refractivity contribution >= 4 is 5.82 Å². The van der Waals surface area contributed by atoms with Crippen molar-refractivity contribution in [1.82, 2.24) is 10.3 Å². The molecule has 1 aromatic heterocycles. The summed E-state index contributed by atoms with van der Waals surface area (Å²) in [6.45, 7) is 11.3. The minimum atomic E-state index is 0.399. The molecule has 3 atom stereocenters. The maximum Gasteiger partial charge on any atom is 0.129 e. The molecule has 0 radical (unpaired) electrons. The molecule has 0 amide bonds. The van der Waals surface area contributed by atoms with E-state index in [4.69, 9.17) is 0 Å². The van der Waals surface area contributed by atoms with Crippen molar-refractivity contribution in [3.05, 3.63) is 23.9 Å². The van der Waals surface area contributed by atoms with Gasteiger partial charge in [-0.1, -0.05) is 13.8 Å². The molecule has 3 heteroatoms. The summed E-state index contributed by atoms with van der Waals surface area (Å²) in [7, 11) is 0. The Morgan fingerprint density at radius 3 is 2.95 bits per heavy atom. The lowest BCUT2D eigenvalue weighted by atomic mass is 9.93. The first kappa shape index (κ1) is 15.3. The summed E-state index contributed by atoms with van der Waals surface area (Å²) in [6, 6.07) is 5.39. The van der Waals surface area contributed by atoms with Crippen molar-refractivity contribution in [2.45, 2.75) is 59.0 Å². The minimum Gasteiger partial charge on any atom is -0.354 e. The van der Waals surface area contributed by atoms with Crippen LogP contribution in [-0.2, 0) is 0 Å². The molecule has 2 rings (SSSR count). The normalized spacial score (nSPS) is 24.7. The summed E-state index contributed by atoms with van der Waals surface area (Å²) in [5.41, 5.74) is 1.34. The molecule has 20 heavy (non-hydrogen) atoms. The Kier molecular flexibility index (Phi) is 5.41. The number of nitrogens with one attached hydrogen (secondary N) is 1. The lowest BCUT2D eigenvalue weighted by molar-refractivity contribution is 0.376. The van der Waals surface area contributed by atoms with Crippen LogP contribution in [0.3, 0.4) is 0 Å². The van der Waals surface area contributed by atoms with Gasteiger partial charge in [-0.05, 0) is 63.3 Å². The number of nitrogens with zero attached hydrogens (tertiary/aromatic N) is 2. The van der Waals surface area contributed by atoms with Crippen LogP contribution in [0.1, 0.15) is 58.6 Å². The highest BCUT2D eigenvalue weighted by molar-refractivity contribution is 5.43. The van der Waals surface area contributed by atoms with E-state index in [2.05, 4.69) is 55.0 Å². The number of aromatic nitrogens is 1. The van der Waals surface area contributed by atoms with Crippen LogP contribution in [0.2, 0.25) is 0 Å². The summed E-state index contributed by atoms with van der Waals surface area (Å²) >= 11 is 0. The van der Waals surface area contributed by atoms with Gasteiger partial charge in [0.15, 0.2) is 0 Å². The fraction of sp³-hybridized carbons (Fsp3) is 0.706. The van der Waals surface area contributed by atoms with E-state index in [1.165, 1.54) is 24.8 Å². The van der Waals surface area contributed by atoms with Crippen molar-refractivity contribution in [2.75, 3.05) is 18.0 Å². The number of pyridine rings is 1. The lowest BCUT2D eigenvalue weighted by Crippen LogP contribution is -2.40. The Labute approximate surface area is 123 Å². The summed E-state index contributed by atoms with van der Waals surface area (Å²) in [5.74, 6) is 1.99. The molecular formula is C17H29N3. The van der Waals surface area contributed by atoms with Crippen LogP contribution in [0, 0.1) is 5.92 Å². The Hall–Kier alpha value is -1.09. The van der Waals surface area contributed by atoms with E-state index in [0.717, 1.165) is 24.8 Å². The molecule has 112 valence electrons. The summed E-state index contributed by atoms with van der Waals surface area (Å²) in [6.07, 6.45) is 5.68.